The Morgan fingerprint density at radius 2 is 2.35 bits per heavy atom. The fourth-order valence-corrected chi connectivity index (χ4v) is 1.44. The van der Waals surface area contributed by atoms with Gasteiger partial charge in [0.15, 0.2) is 0 Å². The number of nitrogens with zero attached hydrogens (tertiary/aromatic N) is 2. The summed E-state index contributed by atoms with van der Waals surface area (Å²) in [6.07, 6.45) is -0.645. The van der Waals surface area contributed by atoms with Gasteiger partial charge in [0, 0.05) is 19.1 Å². The molecule has 96 valence electrons. The molecule has 6 heteroatoms. The van der Waals surface area contributed by atoms with E-state index in [9.17, 15) is 9.90 Å². The molecule has 0 aliphatic heterocycles. The van der Waals surface area contributed by atoms with Gasteiger partial charge in [0.05, 0.1) is 11.8 Å². The van der Waals surface area contributed by atoms with Crippen molar-refractivity contribution in [2.75, 3.05) is 6.54 Å². The van der Waals surface area contributed by atoms with Crippen LogP contribution in [-0.4, -0.2) is 39.5 Å². The molecule has 2 atom stereocenters. The third-order valence-electron chi connectivity index (χ3n) is 2.55. The summed E-state index contributed by atoms with van der Waals surface area (Å²) in [7, 11) is 0. The topological polar surface area (TPSA) is 93.2 Å². The van der Waals surface area contributed by atoms with Gasteiger partial charge in [0.1, 0.15) is 5.69 Å². The van der Waals surface area contributed by atoms with Crippen LogP contribution in [0.3, 0.4) is 0 Å². The Morgan fingerprint density at radius 3 is 2.88 bits per heavy atom. The highest BCUT2D eigenvalue weighted by atomic mass is 16.3. The summed E-state index contributed by atoms with van der Waals surface area (Å²) in [6, 6.07) is 1.27. The monoisotopic (exact) mass is 240 g/mol. The molecule has 2 unspecified atom stereocenters. The summed E-state index contributed by atoms with van der Waals surface area (Å²) in [6.45, 7) is 6.23. The molecule has 1 heterocycles. The van der Waals surface area contributed by atoms with Crippen LogP contribution in [0.15, 0.2) is 6.07 Å². The number of rotatable bonds is 5. The molecule has 0 spiro atoms. The van der Waals surface area contributed by atoms with E-state index in [1.54, 1.807) is 17.7 Å². The van der Waals surface area contributed by atoms with Crippen LogP contribution in [0.25, 0.3) is 0 Å². The van der Waals surface area contributed by atoms with Gasteiger partial charge in [0.2, 0.25) is 0 Å². The van der Waals surface area contributed by atoms with Crippen LogP contribution in [-0.2, 0) is 6.54 Å². The number of hydrogen-bond donors (Lipinski definition) is 3. The zero-order chi connectivity index (χ0) is 13.0. The fraction of sp³-hybridized carbons (Fsp3) is 0.636. The smallest absolute Gasteiger partial charge is 0.269 e. The van der Waals surface area contributed by atoms with Gasteiger partial charge in [-0.25, -0.2) is 0 Å². The van der Waals surface area contributed by atoms with Crippen molar-refractivity contribution in [1.82, 2.24) is 15.1 Å². The maximum atomic E-state index is 11.9. The maximum absolute atomic E-state index is 11.9. The minimum atomic E-state index is -0.645. The van der Waals surface area contributed by atoms with Crippen LogP contribution in [0, 0.1) is 6.92 Å². The number of nitrogens with two attached hydrogens (primary N) is 1. The summed E-state index contributed by atoms with van der Waals surface area (Å²) in [5, 5.41) is 16.1. The second kappa shape index (κ2) is 5.79. The van der Waals surface area contributed by atoms with Crippen LogP contribution >= 0.6 is 0 Å². The Kier molecular flexibility index (Phi) is 4.65. The molecular weight excluding hydrogens is 220 g/mol. The summed E-state index contributed by atoms with van der Waals surface area (Å²) in [5.41, 5.74) is 6.95. The van der Waals surface area contributed by atoms with Gasteiger partial charge in [-0.2, -0.15) is 5.10 Å². The average molecular weight is 240 g/mol. The highest BCUT2D eigenvalue weighted by Gasteiger charge is 2.15. The molecule has 6 nitrogen and oxygen atoms in total. The number of aliphatic hydroxyl groups is 1. The van der Waals surface area contributed by atoms with E-state index in [4.69, 9.17) is 5.73 Å². The maximum Gasteiger partial charge on any atom is 0.269 e. The van der Waals surface area contributed by atoms with Crippen LogP contribution < -0.4 is 11.1 Å². The van der Waals surface area contributed by atoms with Crippen molar-refractivity contribution < 1.29 is 9.90 Å². The lowest BCUT2D eigenvalue weighted by atomic mass is 10.2. The molecule has 1 aromatic rings. The SMILES string of the molecule is CCn1nc(C)cc1C(=O)NCC(N)C(C)O. The third kappa shape index (κ3) is 3.54. The number of aryl methyl sites for hydroxylation is 2. The van der Waals surface area contributed by atoms with Gasteiger partial charge < -0.3 is 16.2 Å². The van der Waals surface area contributed by atoms with Crippen molar-refractivity contribution in [3.63, 3.8) is 0 Å². The highest BCUT2D eigenvalue weighted by Crippen LogP contribution is 2.03. The summed E-state index contributed by atoms with van der Waals surface area (Å²) < 4.78 is 1.64. The van der Waals surface area contributed by atoms with Crippen molar-refractivity contribution >= 4 is 5.91 Å². The van der Waals surface area contributed by atoms with Crippen LogP contribution in [0.2, 0.25) is 0 Å². The summed E-state index contributed by atoms with van der Waals surface area (Å²) >= 11 is 0. The number of aliphatic hydroxyl groups excluding tert-OH is 1. The predicted molar refractivity (Wildman–Crippen MR) is 64.6 cm³/mol. The molecule has 0 saturated heterocycles. The van der Waals surface area contributed by atoms with Gasteiger partial charge in [0.25, 0.3) is 5.91 Å². The lowest BCUT2D eigenvalue weighted by molar-refractivity contribution is 0.0927. The molecule has 17 heavy (non-hydrogen) atoms. The molecule has 0 saturated carbocycles. The normalized spacial score (nSPS) is 14.4. The molecule has 1 rings (SSSR count). The van der Waals surface area contributed by atoms with Gasteiger partial charge in [-0.05, 0) is 26.8 Å². The van der Waals surface area contributed by atoms with Gasteiger partial charge in [-0.15, -0.1) is 0 Å². The van der Waals surface area contributed by atoms with E-state index >= 15 is 0 Å². The lowest BCUT2D eigenvalue weighted by Gasteiger charge is -2.15. The largest absolute Gasteiger partial charge is 0.392 e. The minimum Gasteiger partial charge on any atom is -0.392 e. The van der Waals surface area contributed by atoms with E-state index in [0.717, 1.165) is 5.69 Å². The predicted octanol–water partition coefficient (Wildman–Crippen LogP) is -0.351. The Hall–Kier alpha value is -1.40. The number of carbonyl (C=O) groups excluding carboxylic acids is 1. The molecule has 1 amide bonds. The molecule has 0 aliphatic rings. The van der Waals surface area contributed by atoms with Crippen LogP contribution in [0.4, 0.5) is 0 Å². The zero-order valence-electron chi connectivity index (χ0n) is 10.5. The third-order valence-corrected chi connectivity index (χ3v) is 2.55. The Bertz CT molecular complexity index is 387. The zero-order valence-corrected chi connectivity index (χ0v) is 10.5. The molecule has 0 fully saturated rings. The van der Waals surface area contributed by atoms with E-state index < -0.39 is 12.1 Å². The summed E-state index contributed by atoms with van der Waals surface area (Å²) in [4.78, 5) is 11.9. The van der Waals surface area contributed by atoms with Gasteiger partial charge in [-0.1, -0.05) is 0 Å². The highest BCUT2D eigenvalue weighted by molar-refractivity contribution is 5.92. The molecule has 4 N–H and O–H groups in total. The minimum absolute atomic E-state index is 0.219. The number of hydrogen-bond acceptors (Lipinski definition) is 4. The second-order valence-electron chi connectivity index (χ2n) is 4.10. The molecule has 0 radical (unpaired) electrons. The quantitative estimate of drug-likeness (QED) is 0.656. The van der Waals surface area contributed by atoms with E-state index in [1.807, 2.05) is 13.8 Å². The number of aromatic nitrogens is 2. The first-order valence-electron chi connectivity index (χ1n) is 5.72. The first kappa shape index (κ1) is 13.7. The Morgan fingerprint density at radius 1 is 1.71 bits per heavy atom. The number of carbonyl (C=O) groups is 1. The molecular formula is C11H20N4O2. The van der Waals surface area contributed by atoms with Crippen molar-refractivity contribution in [3.05, 3.63) is 17.5 Å². The Labute approximate surface area is 101 Å². The first-order valence-corrected chi connectivity index (χ1v) is 5.72. The second-order valence-corrected chi connectivity index (χ2v) is 4.10. The molecule has 0 aliphatic carbocycles. The van der Waals surface area contributed by atoms with E-state index in [0.29, 0.717) is 12.2 Å². The van der Waals surface area contributed by atoms with Crippen molar-refractivity contribution in [1.29, 1.82) is 0 Å². The van der Waals surface area contributed by atoms with Crippen LogP contribution in [0.5, 0.6) is 0 Å². The molecule has 0 aromatic carbocycles. The standard InChI is InChI=1S/C11H20N4O2/c1-4-15-10(5-7(2)14-15)11(17)13-6-9(12)8(3)16/h5,8-9,16H,4,6,12H2,1-3H3,(H,13,17). The number of nitrogens with one attached hydrogen (secondary N) is 1. The van der Waals surface area contributed by atoms with E-state index in [-0.39, 0.29) is 12.5 Å². The van der Waals surface area contributed by atoms with Crippen molar-refractivity contribution in [3.8, 4) is 0 Å². The molecule has 1 aromatic heterocycles. The van der Waals surface area contributed by atoms with Gasteiger partial charge >= 0.3 is 0 Å². The fourth-order valence-electron chi connectivity index (χ4n) is 1.44. The van der Waals surface area contributed by atoms with Crippen molar-refractivity contribution in [2.24, 2.45) is 5.73 Å². The van der Waals surface area contributed by atoms with E-state index in [2.05, 4.69) is 10.4 Å². The lowest BCUT2D eigenvalue weighted by Crippen LogP contribution is -2.44. The number of amides is 1. The van der Waals surface area contributed by atoms with Crippen LogP contribution in [0.1, 0.15) is 30.0 Å². The first-order chi connectivity index (χ1) is 7.95. The average Bonchev–Trinajstić information content (AvgIpc) is 2.66. The van der Waals surface area contributed by atoms with Crippen molar-refractivity contribution in [2.45, 2.75) is 39.5 Å². The Balaban J connectivity index is 2.63. The summed E-state index contributed by atoms with van der Waals surface area (Å²) in [5.74, 6) is -0.219. The molecule has 0 bridgehead atoms. The van der Waals surface area contributed by atoms with E-state index in [1.165, 1.54) is 0 Å². The van der Waals surface area contributed by atoms with Gasteiger partial charge in [-0.3, -0.25) is 9.48 Å².